The highest BCUT2D eigenvalue weighted by Crippen LogP contribution is 2.13. The molecule has 0 spiro atoms. The summed E-state index contributed by atoms with van der Waals surface area (Å²) in [6, 6.07) is 0. The van der Waals surface area contributed by atoms with Crippen LogP contribution in [0.25, 0.3) is 0 Å². The van der Waals surface area contributed by atoms with Crippen LogP contribution in [0.5, 0.6) is 0 Å². The van der Waals surface area contributed by atoms with Crippen molar-refractivity contribution in [2.45, 2.75) is 46.3 Å². The van der Waals surface area contributed by atoms with Gasteiger partial charge < -0.3 is 4.72 Å². The molecule has 0 bridgehead atoms. The zero-order chi connectivity index (χ0) is 10.6. The molecule has 2 nitrogen and oxygen atoms in total. The minimum absolute atomic E-state index is 0.205. The highest BCUT2D eigenvalue weighted by atomic mass is 32.2. The fourth-order valence-corrected chi connectivity index (χ4v) is 1.64. The fourth-order valence-electron chi connectivity index (χ4n) is 0.770. The van der Waals surface area contributed by atoms with Crippen molar-refractivity contribution in [3.8, 4) is 0 Å². The van der Waals surface area contributed by atoms with Gasteiger partial charge in [-0.3, -0.25) is 0 Å². The van der Waals surface area contributed by atoms with Gasteiger partial charge in [-0.25, -0.2) is 4.21 Å². The summed E-state index contributed by atoms with van der Waals surface area (Å²) in [4.78, 5) is 0. The molecule has 78 valence electrons. The lowest BCUT2D eigenvalue weighted by Crippen LogP contribution is -2.33. The number of nitrogens with one attached hydrogen (secondary N) is 1. The summed E-state index contributed by atoms with van der Waals surface area (Å²) in [6.45, 7) is 12.0. The standard InChI is InChI=1S/C10H21NOS/c1-7-9(8(2)3)11-13(12)10(4,5)6/h7-8,11H,1-6H3/b9-7-. The summed E-state index contributed by atoms with van der Waals surface area (Å²) in [6.07, 6.45) is 1.98. The molecule has 1 atom stereocenters. The Labute approximate surface area is 84.4 Å². The molecule has 0 saturated carbocycles. The molecule has 1 N–H and O–H groups in total. The molecular weight excluding hydrogens is 182 g/mol. The Kier molecular flexibility index (Phi) is 4.68. The first-order valence-electron chi connectivity index (χ1n) is 4.63. The second kappa shape index (κ2) is 4.80. The lowest BCUT2D eigenvalue weighted by Gasteiger charge is -2.21. The van der Waals surface area contributed by atoms with Crippen LogP contribution in [0.15, 0.2) is 11.8 Å². The maximum absolute atomic E-state index is 11.7. The molecule has 0 aliphatic carbocycles. The van der Waals surface area contributed by atoms with Crippen molar-refractivity contribution >= 4 is 11.0 Å². The van der Waals surface area contributed by atoms with Gasteiger partial charge in [0.2, 0.25) is 0 Å². The third kappa shape index (κ3) is 4.46. The smallest absolute Gasteiger partial charge is 0.122 e. The van der Waals surface area contributed by atoms with Gasteiger partial charge in [-0.1, -0.05) is 19.9 Å². The van der Waals surface area contributed by atoms with Crippen LogP contribution >= 0.6 is 0 Å². The molecule has 0 aromatic heterocycles. The molecule has 3 heteroatoms. The first kappa shape index (κ1) is 12.7. The Bertz CT molecular complexity index is 213. The summed E-state index contributed by atoms with van der Waals surface area (Å²) in [5.41, 5.74) is 1.05. The van der Waals surface area contributed by atoms with Crippen molar-refractivity contribution in [3.05, 3.63) is 11.8 Å². The Morgan fingerprint density at radius 2 is 1.85 bits per heavy atom. The van der Waals surface area contributed by atoms with E-state index in [0.717, 1.165) is 5.70 Å². The second-order valence-corrected chi connectivity index (χ2v) is 6.35. The summed E-state index contributed by atoms with van der Waals surface area (Å²) >= 11 is 0. The van der Waals surface area contributed by atoms with Crippen molar-refractivity contribution in [3.63, 3.8) is 0 Å². The summed E-state index contributed by atoms with van der Waals surface area (Å²) in [7, 11) is -1.01. The molecule has 0 fully saturated rings. The van der Waals surface area contributed by atoms with Crippen LogP contribution < -0.4 is 4.72 Å². The van der Waals surface area contributed by atoms with Crippen LogP contribution in [0, 0.1) is 5.92 Å². The van der Waals surface area contributed by atoms with Gasteiger partial charge in [-0.05, 0) is 33.6 Å². The molecule has 13 heavy (non-hydrogen) atoms. The van der Waals surface area contributed by atoms with Crippen LogP contribution in [0.3, 0.4) is 0 Å². The maximum Gasteiger partial charge on any atom is 0.122 e. The van der Waals surface area contributed by atoms with Crippen LogP contribution in [-0.4, -0.2) is 8.96 Å². The average molecular weight is 203 g/mol. The molecule has 0 saturated heterocycles. The van der Waals surface area contributed by atoms with Gasteiger partial charge in [0.25, 0.3) is 0 Å². The Balaban J connectivity index is 4.37. The zero-order valence-corrected chi connectivity index (χ0v) is 10.3. The van der Waals surface area contributed by atoms with Gasteiger partial charge in [0.1, 0.15) is 11.0 Å². The number of allylic oxidation sites excluding steroid dienone is 2. The van der Waals surface area contributed by atoms with Gasteiger partial charge >= 0.3 is 0 Å². The lowest BCUT2D eigenvalue weighted by molar-refractivity contribution is 0.632. The molecule has 0 radical (unpaired) electrons. The molecule has 0 aromatic carbocycles. The minimum Gasteiger partial charge on any atom is -0.309 e. The monoisotopic (exact) mass is 203 g/mol. The third-order valence-electron chi connectivity index (χ3n) is 1.70. The van der Waals surface area contributed by atoms with Crippen molar-refractivity contribution in [1.82, 2.24) is 4.72 Å². The molecule has 0 aliphatic rings. The van der Waals surface area contributed by atoms with Crippen molar-refractivity contribution in [2.24, 2.45) is 5.92 Å². The van der Waals surface area contributed by atoms with Crippen LogP contribution in [-0.2, 0) is 11.0 Å². The fraction of sp³-hybridized carbons (Fsp3) is 0.800. The predicted molar refractivity (Wildman–Crippen MR) is 59.6 cm³/mol. The third-order valence-corrected chi connectivity index (χ3v) is 3.23. The predicted octanol–water partition coefficient (Wildman–Crippen LogP) is 2.60. The van der Waals surface area contributed by atoms with E-state index in [9.17, 15) is 4.21 Å². The summed E-state index contributed by atoms with van der Waals surface area (Å²) in [5.74, 6) is 0.399. The first-order chi connectivity index (χ1) is 5.79. The van der Waals surface area contributed by atoms with Crippen molar-refractivity contribution in [2.75, 3.05) is 0 Å². The van der Waals surface area contributed by atoms with E-state index in [-0.39, 0.29) is 4.75 Å². The maximum atomic E-state index is 11.7. The highest BCUT2D eigenvalue weighted by Gasteiger charge is 2.20. The summed E-state index contributed by atoms with van der Waals surface area (Å²) in [5, 5.41) is 0. The molecule has 0 rings (SSSR count). The SMILES string of the molecule is C/C=C(\NS(=O)C(C)(C)C)C(C)C. The Morgan fingerprint density at radius 1 is 1.38 bits per heavy atom. The lowest BCUT2D eigenvalue weighted by atomic mass is 10.1. The quantitative estimate of drug-likeness (QED) is 0.750. The van der Waals surface area contributed by atoms with Gasteiger partial charge in [0.05, 0.1) is 4.75 Å². The van der Waals surface area contributed by atoms with Gasteiger partial charge in [0.15, 0.2) is 0 Å². The number of rotatable bonds is 3. The molecule has 1 unspecified atom stereocenters. The van der Waals surface area contributed by atoms with Crippen LogP contribution in [0.2, 0.25) is 0 Å². The van der Waals surface area contributed by atoms with E-state index in [1.807, 2.05) is 33.8 Å². The number of hydrogen-bond donors (Lipinski definition) is 1. The van der Waals surface area contributed by atoms with Crippen LogP contribution in [0.4, 0.5) is 0 Å². The average Bonchev–Trinajstić information content (AvgIpc) is 1.96. The van der Waals surface area contributed by atoms with E-state index >= 15 is 0 Å². The van der Waals surface area contributed by atoms with E-state index in [2.05, 4.69) is 18.6 Å². The van der Waals surface area contributed by atoms with Gasteiger partial charge in [0, 0.05) is 5.70 Å². The van der Waals surface area contributed by atoms with Gasteiger partial charge in [-0.2, -0.15) is 0 Å². The second-order valence-electron chi connectivity index (χ2n) is 4.38. The van der Waals surface area contributed by atoms with E-state index in [1.54, 1.807) is 0 Å². The highest BCUT2D eigenvalue weighted by molar-refractivity contribution is 7.84. The van der Waals surface area contributed by atoms with E-state index in [0.29, 0.717) is 5.92 Å². The number of hydrogen-bond acceptors (Lipinski definition) is 1. The molecule has 0 heterocycles. The van der Waals surface area contributed by atoms with Crippen molar-refractivity contribution < 1.29 is 4.21 Å². The molecule has 0 amide bonds. The summed E-state index contributed by atoms with van der Waals surface area (Å²) < 4.78 is 14.5. The zero-order valence-electron chi connectivity index (χ0n) is 9.47. The van der Waals surface area contributed by atoms with Crippen LogP contribution in [0.1, 0.15) is 41.5 Å². The minimum atomic E-state index is -1.01. The normalized spacial score (nSPS) is 16.1. The van der Waals surface area contributed by atoms with Crippen molar-refractivity contribution in [1.29, 1.82) is 0 Å². The van der Waals surface area contributed by atoms with Gasteiger partial charge in [-0.15, -0.1) is 0 Å². The van der Waals surface area contributed by atoms with E-state index < -0.39 is 11.0 Å². The largest absolute Gasteiger partial charge is 0.309 e. The van der Waals surface area contributed by atoms with E-state index in [1.165, 1.54) is 0 Å². The topological polar surface area (TPSA) is 29.1 Å². The molecule has 0 aliphatic heterocycles. The Hall–Kier alpha value is -0.310. The molecule has 0 aromatic rings. The Morgan fingerprint density at radius 3 is 2.08 bits per heavy atom. The molecular formula is C10H21NOS. The first-order valence-corrected chi connectivity index (χ1v) is 5.78. The van der Waals surface area contributed by atoms with E-state index in [4.69, 9.17) is 0 Å².